The van der Waals surface area contributed by atoms with Gasteiger partial charge in [0.1, 0.15) is 12.9 Å². The molecule has 0 saturated carbocycles. The fourth-order valence-corrected chi connectivity index (χ4v) is 1.40. The van der Waals surface area contributed by atoms with Crippen LogP contribution in [0.2, 0.25) is 0 Å². The summed E-state index contributed by atoms with van der Waals surface area (Å²) in [6.45, 7) is 0.749. The molecule has 0 rings (SSSR count). The fourth-order valence-electron chi connectivity index (χ4n) is 1.40. The van der Waals surface area contributed by atoms with Crippen LogP contribution in [0.4, 0.5) is 0 Å². The summed E-state index contributed by atoms with van der Waals surface area (Å²) in [6.07, 6.45) is 1.38. The van der Waals surface area contributed by atoms with E-state index in [1.54, 1.807) is 5.43 Å². The molecule has 1 atom stereocenters. The van der Waals surface area contributed by atoms with E-state index in [9.17, 15) is 19.7 Å². The number of rotatable bonds is 12. The average Bonchev–Trinajstić information content (AvgIpc) is 2.46. The number of hydrazine groups is 1. The van der Waals surface area contributed by atoms with Crippen molar-refractivity contribution in [2.24, 2.45) is 0 Å². The number of guanidine groups is 1. The number of aldehydes is 1. The molecule has 1 unspecified atom stereocenters. The van der Waals surface area contributed by atoms with E-state index in [-0.39, 0.29) is 19.8 Å². The Bertz CT molecular complexity index is 378. The molecule has 1 amide bonds. The van der Waals surface area contributed by atoms with E-state index in [0.717, 1.165) is 0 Å². The number of hydrogen-bond acceptors (Lipinski definition) is 7. The van der Waals surface area contributed by atoms with Gasteiger partial charge < -0.3 is 24.9 Å². The third-order valence-electron chi connectivity index (χ3n) is 2.37. The number of nitrogens with zero attached hydrogens (tertiary/aromatic N) is 1. The Hall–Kier alpha value is -2.27. The number of methoxy groups -OCH3 is 1. The molecule has 11 heteroatoms. The van der Waals surface area contributed by atoms with E-state index in [1.807, 2.05) is 0 Å². The molecule has 0 radical (unpaired) electrons. The molecule has 0 saturated heterocycles. The topological polar surface area (TPSA) is 156 Å². The average molecular weight is 319 g/mol. The number of nitro groups is 1. The molecule has 0 aliphatic rings. The van der Waals surface area contributed by atoms with E-state index >= 15 is 0 Å². The van der Waals surface area contributed by atoms with Crippen molar-refractivity contribution in [3.05, 3.63) is 10.1 Å². The smallest absolute Gasteiger partial charge is 0.251 e. The Kier molecular flexibility index (Phi) is 11.2. The summed E-state index contributed by atoms with van der Waals surface area (Å²) in [6, 6.07) is -0.669. The second kappa shape index (κ2) is 12.5. The quantitative estimate of drug-likeness (QED) is 0.0838. The van der Waals surface area contributed by atoms with Gasteiger partial charge in [-0.15, -0.1) is 0 Å². The highest BCUT2D eigenvalue weighted by Crippen LogP contribution is 1.94. The first-order valence-corrected chi connectivity index (χ1v) is 6.54. The highest BCUT2D eigenvalue weighted by atomic mass is 16.7. The molecule has 22 heavy (non-hydrogen) atoms. The van der Waals surface area contributed by atoms with Gasteiger partial charge in [0.25, 0.3) is 5.96 Å². The number of nitrogens with one attached hydrogen (secondary N) is 4. The van der Waals surface area contributed by atoms with Crippen LogP contribution in [0.5, 0.6) is 0 Å². The minimum absolute atomic E-state index is 0.163. The van der Waals surface area contributed by atoms with Crippen LogP contribution in [-0.4, -0.2) is 62.7 Å². The van der Waals surface area contributed by atoms with Gasteiger partial charge in [0.15, 0.2) is 5.03 Å². The Balaban J connectivity index is 3.78. The van der Waals surface area contributed by atoms with Crippen LogP contribution < -0.4 is 16.1 Å². The van der Waals surface area contributed by atoms with E-state index in [0.29, 0.717) is 25.7 Å². The summed E-state index contributed by atoms with van der Waals surface area (Å²) in [5, 5.41) is 21.3. The van der Waals surface area contributed by atoms with Crippen molar-refractivity contribution in [1.82, 2.24) is 16.1 Å². The molecule has 0 heterocycles. The van der Waals surface area contributed by atoms with E-state index < -0.39 is 22.9 Å². The summed E-state index contributed by atoms with van der Waals surface area (Å²) in [5.41, 5.74) is 1.64. The van der Waals surface area contributed by atoms with Crippen molar-refractivity contribution in [3.63, 3.8) is 0 Å². The van der Waals surface area contributed by atoms with Crippen LogP contribution in [-0.2, 0) is 19.1 Å². The number of carbonyl (C=O) groups excluding carboxylic acids is 2. The molecular weight excluding hydrogens is 298 g/mol. The summed E-state index contributed by atoms with van der Waals surface area (Å²) in [5.74, 6) is -0.854. The molecule has 11 nitrogen and oxygen atoms in total. The van der Waals surface area contributed by atoms with Crippen LogP contribution in [0.25, 0.3) is 0 Å². The fraction of sp³-hybridized carbons (Fsp3) is 0.727. The first kappa shape index (κ1) is 19.7. The number of ether oxygens (including phenoxy) is 2. The highest BCUT2D eigenvalue weighted by molar-refractivity contribution is 5.80. The lowest BCUT2D eigenvalue weighted by molar-refractivity contribution is -0.525. The Morgan fingerprint density at radius 2 is 2.18 bits per heavy atom. The lowest BCUT2D eigenvalue weighted by Crippen LogP contribution is -2.41. The summed E-state index contributed by atoms with van der Waals surface area (Å²) < 4.78 is 9.76. The van der Waals surface area contributed by atoms with Crippen LogP contribution in [0.15, 0.2) is 0 Å². The van der Waals surface area contributed by atoms with Crippen molar-refractivity contribution < 1.29 is 24.1 Å². The van der Waals surface area contributed by atoms with E-state index in [4.69, 9.17) is 14.9 Å². The van der Waals surface area contributed by atoms with Crippen molar-refractivity contribution in [2.75, 3.05) is 33.5 Å². The third-order valence-corrected chi connectivity index (χ3v) is 2.37. The van der Waals surface area contributed by atoms with Crippen LogP contribution >= 0.6 is 0 Å². The Labute approximate surface area is 127 Å². The summed E-state index contributed by atoms with van der Waals surface area (Å²) >= 11 is 0. The minimum atomic E-state index is -0.854. The Morgan fingerprint density at radius 1 is 1.45 bits per heavy atom. The van der Waals surface area contributed by atoms with Gasteiger partial charge in [-0.25, -0.2) is 10.1 Å². The number of amides is 1. The van der Waals surface area contributed by atoms with Crippen molar-refractivity contribution in [2.45, 2.75) is 18.9 Å². The maximum absolute atomic E-state index is 11.5. The van der Waals surface area contributed by atoms with Crippen molar-refractivity contribution in [1.29, 1.82) is 5.41 Å². The van der Waals surface area contributed by atoms with E-state index in [1.165, 1.54) is 7.11 Å². The lowest BCUT2D eigenvalue weighted by Gasteiger charge is -2.13. The molecule has 0 bridgehead atoms. The number of carbonyl (C=O) groups is 2. The third kappa shape index (κ3) is 11.5. The molecule has 0 spiro atoms. The number of hydrogen-bond donors (Lipinski definition) is 4. The van der Waals surface area contributed by atoms with Gasteiger partial charge in [-0.3, -0.25) is 10.2 Å². The van der Waals surface area contributed by atoms with Crippen LogP contribution in [0, 0.1) is 15.5 Å². The summed E-state index contributed by atoms with van der Waals surface area (Å²) in [7, 11) is 1.51. The summed E-state index contributed by atoms with van der Waals surface area (Å²) in [4.78, 5) is 32.4. The second-order valence-corrected chi connectivity index (χ2v) is 4.17. The maximum Gasteiger partial charge on any atom is 0.251 e. The molecule has 0 aliphatic heterocycles. The van der Waals surface area contributed by atoms with Crippen LogP contribution in [0.1, 0.15) is 12.8 Å². The minimum Gasteiger partial charge on any atom is -0.382 e. The van der Waals surface area contributed by atoms with Crippen LogP contribution in [0.3, 0.4) is 0 Å². The zero-order valence-electron chi connectivity index (χ0n) is 12.3. The molecule has 4 N–H and O–H groups in total. The lowest BCUT2D eigenvalue weighted by atomic mass is 10.2. The van der Waals surface area contributed by atoms with Gasteiger partial charge in [0.05, 0.1) is 19.3 Å². The van der Waals surface area contributed by atoms with E-state index in [2.05, 4.69) is 10.6 Å². The van der Waals surface area contributed by atoms with Crippen molar-refractivity contribution >= 4 is 18.2 Å². The monoisotopic (exact) mass is 319 g/mol. The molecule has 0 fully saturated rings. The first-order valence-electron chi connectivity index (χ1n) is 6.54. The molecule has 0 aromatic heterocycles. The zero-order valence-corrected chi connectivity index (χ0v) is 12.3. The van der Waals surface area contributed by atoms with Gasteiger partial charge in [0, 0.05) is 13.7 Å². The van der Waals surface area contributed by atoms with Gasteiger partial charge in [0.2, 0.25) is 5.91 Å². The predicted molar refractivity (Wildman–Crippen MR) is 75.8 cm³/mol. The molecule has 0 aromatic rings. The van der Waals surface area contributed by atoms with Gasteiger partial charge in [-0.05, 0) is 12.8 Å². The zero-order chi connectivity index (χ0) is 16.8. The highest BCUT2D eigenvalue weighted by Gasteiger charge is 2.11. The van der Waals surface area contributed by atoms with Crippen molar-refractivity contribution in [3.8, 4) is 0 Å². The maximum atomic E-state index is 11.5. The largest absolute Gasteiger partial charge is 0.382 e. The SMILES string of the molecule is COCCOCC(=O)NC(C=O)CCCNC(=N)N[N+](=O)[O-]. The van der Waals surface area contributed by atoms with Gasteiger partial charge in [-0.1, -0.05) is 5.43 Å². The second-order valence-electron chi connectivity index (χ2n) is 4.17. The standard InChI is InChI=1S/C11H21N5O6/c1-21-5-6-22-8-10(18)14-9(7-17)3-2-4-13-11(12)15-16(19)20/h7,9H,2-6,8H2,1H3,(H,14,18)(H3,12,13,15). The first-order chi connectivity index (χ1) is 10.5. The molecule has 0 aromatic carbocycles. The normalized spacial score (nSPS) is 11.3. The van der Waals surface area contributed by atoms with Gasteiger partial charge >= 0.3 is 0 Å². The Morgan fingerprint density at radius 3 is 2.77 bits per heavy atom. The predicted octanol–water partition coefficient (Wildman–Crippen LogP) is -1.58. The van der Waals surface area contributed by atoms with Gasteiger partial charge in [-0.2, -0.15) is 0 Å². The molecule has 0 aliphatic carbocycles. The molecular formula is C11H21N5O6. The molecule has 126 valence electrons.